The molecule has 0 radical (unpaired) electrons. The van der Waals surface area contributed by atoms with Crippen molar-refractivity contribution >= 4 is 5.84 Å². The number of benzene rings is 2. The van der Waals surface area contributed by atoms with Gasteiger partial charge in [0.2, 0.25) is 0 Å². The molecular weight excluding hydrogens is 284 g/mol. The van der Waals surface area contributed by atoms with Crippen molar-refractivity contribution in [3.63, 3.8) is 0 Å². The van der Waals surface area contributed by atoms with Crippen LogP contribution in [0.4, 0.5) is 0 Å². The van der Waals surface area contributed by atoms with E-state index in [0.717, 1.165) is 30.5 Å². The highest BCUT2D eigenvalue weighted by molar-refractivity contribution is 5.98. The lowest BCUT2D eigenvalue weighted by Gasteiger charge is -2.26. The van der Waals surface area contributed by atoms with Crippen LogP contribution in [0.15, 0.2) is 59.6 Å². The summed E-state index contributed by atoms with van der Waals surface area (Å²) in [7, 11) is 0. The fraction of sp³-hybridized carbons (Fsp3) is 0.263. The quantitative estimate of drug-likeness (QED) is 0.538. The first-order valence-corrected chi connectivity index (χ1v) is 7.90. The van der Waals surface area contributed by atoms with Gasteiger partial charge in [-0.1, -0.05) is 54.6 Å². The third-order valence-electron chi connectivity index (χ3n) is 4.15. The molecule has 3 rings (SSSR count). The number of nitrogens with zero attached hydrogens (tertiary/aromatic N) is 3. The van der Waals surface area contributed by atoms with E-state index in [1.165, 1.54) is 5.56 Å². The summed E-state index contributed by atoms with van der Waals surface area (Å²) in [6.07, 6.45) is 4.17. The highest BCUT2D eigenvalue weighted by atomic mass is 15.1. The minimum atomic E-state index is 0.109. The smallest absolute Gasteiger partial charge is 0.179 e. The zero-order valence-electron chi connectivity index (χ0n) is 13.0. The van der Waals surface area contributed by atoms with Gasteiger partial charge < -0.3 is 10.6 Å². The van der Waals surface area contributed by atoms with E-state index in [9.17, 15) is 0 Å². The summed E-state index contributed by atoms with van der Waals surface area (Å²) < 4.78 is 0. The van der Waals surface area contributed by atoms with Gasteiger partial charge in [0.05, 0.1) is 12.6 Å². The van der Waals surface area contributed by atoms with E-state index in [4.69, 9.17) is 11.0 Å². The Morgan fingerprint density at radius 3 is 2.48 bits per heavy atom. The minimum absolute atomic E-state index is 0.109. The fourth-order valence-corrected chi connectivity index (χ4v) is 2.89. The largest absolute Gasteiger partial charge is 0.383 e. The first-order valence-electron chi connectivity index (χ1n) is 7.90. The second kappa shape index (κ2) is 6.97. The van der Waals surface area contributed by atoms with Crippen LogP contribution >= 0.6 is 0 Å². The Morgan fingerprint density at radius 1 is 1.09 bits per heavy atom. The van der Waals surface area contributed by atoms with Crippen molar-refractivity contribution in [3.05, 3.63) is 60.2 Å². The van der Waals surface area contributed by atoms with Crippen LogP contribution in [0.1, 0.15) is 18.4 Å². The van der Waals surface area contributed by atoms with Crippen molar-refractivity contribution in [2.75, 3.05) is 13.1 Å². The van der Waals surface area contributed by atoms with Gasteiger partial charge in [0.25, 0.3) is 0 Å². The van der Waals surface area contributed by atoms with Crippen molar-refractivity contribution < 1.29 is 0 Å². The SMILES string of the molecule is N#CN1CCCC(N=C(N)c2ccc(-c3ccccc3)cc2)C1. The van der Waals surface area contributed by atoms with E-state index in [1.807, 2.05) is 30.3 Å². The predicted octanol–water partition coefficient (Wildman–Crippen LogP) is 3.00. The first-order chi connectivity index (χ1) is 11.3. The Hall–Kier alpha value is -2.80. The molecule has 0 aliphatic carbocycles. The van der Waals surface area contributed by atoms with Crippen molar-refractivity contribution in [2.24, 2.45) is 10.7 Å². The van der Waals surface area contributed by atoms with E-state index in [-0.39, 0.29) is 6.04 Å². The molecule has 0 bridgehead atoms. The van der Waals surface area contributed by atoms with E-state index >= 15 is 0 Å². The predicted molar refractivity (Wildman–Crippen MR) is 92.8 cm³/mol. The van der Waals surface area contributed by atoms with Gasteiger partial charge in [-0.3, -0.25) is 4.99 Å². The van der Waals surface area contributed by atoms with Crippen LogP contribution in [0.25, 0.3) is 11.1 Å². The first kappa shape index (κ1) is 15.1. The lowest BCUT2D eigenvalue weighted by Crippen LogP contribution is -2.35. The average Bonchev–Trinajstić information content (AvgIpc) is 2.63. The minimum Gasteiger partial charge on any atom is -0.383 e. The van der Waals surface area contributed by atoms with Crippen LogP contribution in [-0.4, -0.2) is 29.9 Å². The fourth-order valence-electron chi connectivity index (χ4n) is 2.89. The standard InChI is InChI=1S/C19H20N4/c20-14-23-12-4-7-18(13-23)22-19(21)17-10-8-16(9-11-17)15-5-2-1-3-6-15/h1-3,5-6,8-11,18H,4,7,12-13H2,(H2,21,22). The lowest BCUT2D eigenvalue weighted by molar-refractivity contribution is 0.293. The van der Waals surface area contributed by atoms with Gasteiger partial charge in [0.15, 0.2) is 6.19 Å². The second-order valence-electron chi connectivity index (χ2n) is 5.80. The summed E-state index contributed by atoms with van der Waals surface area (Å²) in [4.78, 5) is 6.36. The molecule has 0 aromatic heterocycles. The number of amidine groups is 1. The molecule has 23 heavy (non-hydrogen) atoms. The third-order valence-corrected chi connectivity index (χ3v) is 4.15. The molecule has 4 heteroatoms. The van der Waals surface area contributed by atoms with Gasteiger partial charge in [-0.05, 0) is 24.0 Å². The van der Waals surface area contributed by atoms with Gasteiger partial charge in [-0.2, -0.15) is 5.26 Å². The summed E-state index contributed by atoms with van der Waals surface area (Å²) in [6, 6.07) is 18.5. The number of likely N-dealkylation sites (tertiary alicyclic amines) is 1. The molecule has 1 fully saturated rings. The lowest BCUT2D eigenvalue weighted by atomic mass is 10.0. The Morgan fingerprint density at radius 2 is 1.78 bits per heavy atom. The summed E-state index contributed by atoms with van der Waals surface area (Å²) in [6.45, 7) is 1.49. The maximum Gasteiger partial charge on any atom is 0.179 e. The number of nitriles is 1. The van der Waals surface area contributed by atoms with Crippen molar-refractivity contribution in [2.45, 2.75) is 18.9 Å². The van der Waals surface area contributed by atoms with E-state index in [1.54, 1.807) is 4.90 Å². The molecule has 2 aromatic carbocycles. The molecule has 0 spiro atoms. The number of hydrogen-bond acceptors (Lipinski definition) is 3. The molecular formula is C19H20N4. The van der Waals surface area contributed by atoms with E-state index < -0.39 is 0 Å². The molecule has 116 valence electrons. The Kier molecular flexibility index (Phi) is 4.58. The number of piperidine rings is 1. The van der Waals surface area contributed by atoms with Gasteiger partial charge in [0.1, 0.15) is 5.84 Å². The highest BCUT2D eigenvalue weighted by Crippen LogP contribution is 2.19. The molecule has 1 heterocycles. The highest BCUT2D eigenvalue weighted by Gasteiger charge is 2.18. The van der Waals surface area contributed by atoms with Gasteiger partial charge in [-0.15, -0.1) is 0 Å². The normalized spacial score (nSPS) is 18.5. The van der Waals surface area contributed by atoms with Crippen LogP contribution in [-0.2, 0) is 0 Å². The zero-order chi connectivity index (χ0) is 16.1. The van der Waals surface area contributed by atoms with Gasteiger partial charge >= 0.3 is 0 Å². The van der Waals surface area contributed by atoms with Gasteiger partial charge in [0, 0.05) is 12.1 Å². The molecule has 0 saturated carbocycles. The zero-order valence-corrected chi connectivity index (χ0v) is 13.0. The molecule has 2 aromatic rings. The van der Waals surface area contributed by atoms with E-state index in [2.05, 4.69) is 35.5 Å². The monoisotopic (exact) mass is 304 g/mol. The second-order valence-corrected chi connectivity index (χ2v) is 5.80. The number of nitrogens with two attached hydrogens (primary N) is 1. The number of hydrogen-bond donors (Lipinski definition) is 1. The summed E-state index contributed by atoms with van der Waals surface area (Å²) in [5.41, 5.74) is 9.43. The Balaban J connectivity index is 1.74. The van der Waals surface area contributed by atoms with Crippen molar-refractivity contribution in [3.8, 4) is 17.3 Å². The summed E-state index contributed by atoms with van der Waals surface area (Å²) in [5, 5.41) is 8.99. The molecule has 1 aliphatic heterocycles. The van der Waals surface area contributed by atoms with E-state index in [0.29, 0.717) is 12.4 Å². The maximum atomic E-state index is 8.99. The van der Waals surface area contributed by atoms with Crippen LogP contribution in [0.3, 0.4) is 0 Å². The van der Waals surface area contributed by atoms with Crippen LogP contribution in [0.2, 0.25) is 0 Å². The Labute approximate surface area is 136 Å². The van der Waals surface area contributed by atoms with Crippen molar-refractivity contribution in [1.82, 2.24) is 4.90 Å². The molecule has 2 N–H and O–H groups in total. The summed E-state index contributed by atoms with van der Waals surface area (Å²) in [5.74, 6) is 0.550. The molecule has 1 unspecified atom stereocenters. The maximum absolute atomic E-state index is 8.99. The third kappa shape index (κ3) is 3.70. The molecule has 1 saturated heterocycles. The molecule has 4 nitrogen and oxygen atoms in total. The van der Waals surface area contributed by atoms with Gasteiger partial charge in [-0.25, -0.2) is 0 Å². The van der Waals surface area contributed by atoms with Crippen LogP contribution < -0.4 is 5.73 Å². The Bertz CT molecular complexity index is 713. The average molecular weight is 304 g/mol. The molecule has 0 amide bonds. The molecule has 1 atom stereocenters. The molecule has 1 aliphatic rings. The number of rotatable bonds is 3. The van der Waals surface area contributed by atoms with Crippen LogP contribution in [0, 0.1) is 11.5 Å². The topological polar surface area (TPSA) is 65.4 Å². The summed E-state index contributed by atoms with van der Waals surface area (Å²) >= 11 is 0. The number of aliphatic imine (C=N–C) groups is 1. The van der Waals surface area contributed by atoms with Crippen molar-refractivity contribution in [1.29, 1.82) is 5.26 Å². The van der Waals surface area contributed by atoms with Crippen LogP contribution in [0.5, 0.6) is 0 Å².